The fourth-order valence-corrected chi connectivity index (χ4v) is 6.70. The second kappa shape index (κ2) is 7.19. The van der Waals surface area contributed by atoms with Crippen molar-refractivity contribution in [3.63, 3.8) is 0 Å². The van der Waals surface area contributed by atoms with Crippen molar-refractivity contribution in [1.29, 1.82) is 0 Å². The van der Waals surface area contributed by atoms with Crippen LogP contribution in [-0.2, 0) is 10.1 Å². The van der Waals surface area contributed by atoms with Crippen LogP contribution in [0.2, 0.25) is 0 Å². The van der Waals surface area contributed by atoms with Crippen LogP contribution < -0.4 is 11.1 Å². The lowest BCUT2D eigenvalue weighted by Gasteiger charge is -2.18. The third kappa shape index (κ3) is 2.86. The van der Waals surface area contributed by atoms with E-state index in [1.54, 1.807) is 24.3 Å². The highest BCUT2D eigenvalue weighted by Gasteiger charge is 2.24. The van der Waals surface area contributed by atoms with E-state index < -0.39 is 32.1 Å². The van der Waals surface area contributed by atoms with Gasteiger partial charge in [-0.05, 0) is 60.7 Å². The van der Waals surface area contributed by atoms with Crippen molar-refractivity contribution < 1.29 is 26.6 Å². The molecule has 4 heterocycles. The van der Waals surface area contributed by atoms with E-state index in [0.717, 1.165) is 0 Å². The highest BCUT2D eigenvalue weighted by molar-refractivity contribution is 8.19. The number of nitrogens with zero attached hydrogens (tertiary/aromatic N) is 4. The number of aromatic nitrogens is 4. The molecule has 8 aromatic rings. The molecule has 0 aliphatic rings. The van der Waals surface area contributed by atoms with Crippen molar-refractivity contribution >= 4 is 86.7 Å². The Labute approximate surface area is 223 Å². The van der Waals surface area contributed by atoms with Gasteiger partial charge in [0.2, 0.25) is 0 Å². The smallest absolute Gasteiger partial charge is 0.294 e. The van der Waals surface area contributed by atoms with Gasteiger partial charge >= 0.3 is 0 Å². The molecule has 40 heavy (non-hydrogen) atoms. The van der Waals surface area contributed by atoms with Gasteiger partial charge in [0, 0.05) is 32.3 Å². The quantitative estimate of drug-likeness (QED) is 0.173. The third-order valence-electron chi connectivity index (χ3n) is 7.38. The van der Waals surface area contributed by atoms with Gasteiger partial charge in [0.1, 0.15) is 22.2 Å². The highest BCUT2D eigenvalue weighted by Crippen LogP contribution is 2.44. The minimum atomic E-state index is -4.52. The molecule has 0 radical (unpaired) electrons. The molecule has 0 bridgehead atoms. The Kier molecular flexibility index (Phi) is 4.22. The molecule has 4 aromatic carbocycles. The largest absolute Gasteiger partial charge is 0.304 e. The van der Waals surface area contributed by atoms with Crippen LogP contribution in [0.5, 0.6) is 0 Å². The summed E-state index contributed by atoms with van der Waals surface area (Å²) in [5.74, 6) is 0. The van der Waals surface area contributed by atoms with Crippen molar-refractivity contribution in [2.24, 2.45) is 0 Å². The van der Waals surface area contributed by atoms with Crippen LogP contribution in [-0.4, -0.2) is 45.4 Å². The van der Waals surface area contributed by atoms with Crippen LogP contribution in [0, 0.1) is 0 Å². The molecule has 12 nitrogen and oxygen atoms in total. The van der Waals surface area contributed by atoms with Crippen LogP contribution in [0.4, 0.5) is 0 Å². The summed E-state index contributed by atoms with van der Waals surface area (Å²) in [5, 5.41) is 2.67. The lowest BCUT2D eigenvalue weighted by atomic mass is 9.96. The van der Waals surface area contributed by atoms with Crippen molar-refractivity contribution in [1.82, 2.24) is 18.8 Å². The van der Waals surface area contributed by atoms with Crippen LogP contribution in [0.25, 0.3) is 65.7 Å². The Bertz CT molecular complexity index is 2660. The number of hydrogen-bond donors (Lipinski definition) is 4. The second-order valence-corrected chi connectivity index (χ2v) is 12.4. The molecule has 4 N–H and O–H groups in total. The number of pyridine rings is 2. The molecule has 0 aliphatic heterocycles. The minimum Gasteiger partial charge on any atom is -0.304 e. The van der Waals surface area contributed by atoms with Crippen molar-refractivity contribution in [3.05, 3.63) is 81.4 Å². The lowest BCUT2D eigenvalue weighted by molar-refractivity contribution is 0.376. The van der Waals surface area contributed by atoms with E-state index in [4.69, 9.17) is 0 Å². The van der Waals surface area contributed by atoms with Gasteiger partial charge in [-0.25, -0.2) is 9.97 Å². The first-order chi connectivity index (χ1) is 18.9. The molecular weight excluding hydrogens is 560 g/mol. The molecule has 0 saturated heterocycles. The van der Waals surface area contributed by atoms with E-state index in [1.165, 1.54) is 45.2 Å². The molecular formula is C26H14N4O8S2. The fourth-order valence-electron chi connectivity index (χ4n) is 5.68. The first-order valence-electron chi connectivity index (χ1n) is 11.7. The van der Waals surface area contributed by atoms with Gasteiger partial charge in [-0.3, -0.25) is 22.9 Å². The summed E-state index contributed by atoms with van der Waals surface area (Å²) in [6.07, 6.45) is 0. The monoisotopic (exact) mass is 574 g/mol. The SMILES string of the molecule is O=c1c2ccc3c4c(ccc(c24)c2nc4ccc(S(O)(O)O)cc4n12)c(=O)n1c2cc(S(=O)(=O)O)ccc2nc31. The molecule has 0 amide bonds. The first kappa shape index (κ1) is 23.4. The van der Waals surface area contributed by atoms with Gasteiger partial charge in [0.25, 0.3) is 21.2 Å². The van der Waals surface area contributed by atoms with Crippen molar-refractivity contribution in [2.75, 3.05) is 0 Å². The van der Waals surface area contributed by atoms with Crippen LogP contribution in [0.3, 0.4) is 0 Å². The first-order valence-corrected chi connectivity index (χ1v) is 14.6. The third-order valence-corrected chi connectivity index (χ3v) is 9.11. The molecule has 8 rings (SSSR count). The highest BCUT2D eigenvalue weighted by atomic mass is 32.3. The van der Waals surface area contributed by atoms with Crippen LogP contribution >= 0.6 is 10.9 Å². The standard InChI is InChI=1S/C26H14N4O8S2/c31-25-15-6-4-14-22-16(26(32)30-20-10-12(40(36,37)38)2-8-18(20)28-24(14)30)5-3-13(21(15)22)23-27-17-7-1-11(39(33,34)35)9-19(17)29(23)25/h1-10,33-35H,(H,36,37,38). The van der Waals surface area contributed by atoms with E-state index in [1.807, 2.05) is 0 Å². The topological polar surface area (TPSA) is 184 Å². The summed E-state index contributed by atoms with van der Waals surface area (Å²) in [4.78, 5) is 36.3. The molecule has 0 spiro atoms. The van der Waals surface area contributed by atoms with Gasteiger partial charge in [0.15, 0.2) is 0 Å². The number of hydrogen-bond acceptors (Lipinski definition) is 9. The van der Waals surface area contributed by atoms with E-state index in [9.17, 15) is 36.2 Å². The Morgan fingerprint density at radius 2 is 1.00 bits per heavy atom. The fraction of sp³-hybridized carbons (Fsp3) is 0. The second-order valence-electron chi connectivity index (χ2n) is 9.52. The van der Waals surface area contributed by atoms with Crippen molar-refractivity contribution in [2.45, 2.75) is 9.79 Å². The number of fused-ring (bicyclic) bond motifs is 8. The maximum Gasteiger partial charge on any atom is 0.294 e. The van der Waals surface area contributed by atoms with Gasteiger partial charge in [0.05, 0.1) is 31.9 Å². The van der Waals surface area contributed by atoms with Gasteiger partial charge in [-0.2, -0.15) is 8.42 Å². The van der Waals surface area contributed by atoms with Gasteiger partial charge < -0.3 is 13.7 Å². The van der Waals surface area contributed by atoms with E-state index in [2.05, 4.69) is 9.97 Å². The summed E-state index contributed by atoms with van der Waals surface area (Å²) in [6, 6.07) is 14.4. The zero-order chi connectivity index (χ0) is 27.9. The molecule has 0 fully saturated rings. The maximum absolute atomic E-state index is 13.8. The lowest BCUT2D eigenvalue weighted by Crippen LogP contribution is -2.16. The summed E-state index contributed by atoms with van der Waals surface area (Å²) in [7, 11) is -8.55. The number of benzene rings is 4. The van der Waals surface area contributed by atoms with Gasteiger partial charge in [-0.1, -0.05) is 0 Å². The molecule has 0 saturated carbocycles. The number of rotatable bonds is 2. The molecule has 0 unspecified atom stereocenters. The molecule has 4 aromatic heterocycles. The maximum atomic E-state index is 13.8. The Hall–Kier alpha value is -4.44. The summed E-state index contributed by atoms with van der Waals surface area (Å²) >= 11 is 0. The molecule has 198 valence electrons. The van der Waals surface area contributed by atoms with E-state index in [0.29, 0.717) is 32.6 Å². The normalized spacial score (nSPS) is 13.8. The van der Waals surface area contributed by atoms with Crippen LogP contribution in [0.1, 0.15) is 0 Å². The summed E-state index contributed by atoms with van der Waals surface area (Å²) in [6.45, 7) is 0. The molecule has 0 atom stereocenters. The average molecular weight is 575 g/mol. The Morgan fingerprint density at radius 1 is 0.575 bits per heavy atom. The van der Waals surface area contributed by atoms with Crippen LogP contribution in [0.15, 0.2) is 80.0 Å². The van der Waals surface area contributed by atoms with Gasteiger partial charge in [-0.15, -0.1) is 0 Å². The predicted molar refractivity (Wildman–Crippen MR) is 150 cm³/mol. The van der Waals surface area contributed by atoms with E-state index >= 15 is 0 Å². The summed E-state index contributed by atoms with van der Waals surface area (Å²) < 4.78 is 64.9. The zero-order valence-electron chi connectivity index (χ0n) is 19.8. The summed E-state index contributed by atoms with van der Waals surface area (Å²) in [5.41, 5.74) is 0.822. The Balaban J connectivity index is 1.57. The zero-order valence-corrected chi connectivity index (χ0v) is 21.4. The predicted octanol–water partition coefficient (Wildman–Crippen LogP) is 4.17. The number of imidazole rings is 2. The molecule has 0 aliphatic carbocycles. The molecule has 14 heteroatoms. The minimum absolute atomic E-state index is 0.159. The van der Waals surface area contributed by atoms with E-state index in [-0.39, 0.29) is 42.9 Å². The average Bonchev–Trinajstić information content (AvgIpc) is 3.48. The Morgan fingerprint density at radius 3 is 1.45 bits per heavy atom. The van der Waals surface area contributed by atoms with Crippen molar-refractivity contribution in [3.8, 4) is 0 Å².